The molecule has 0 saturated carbocycles. The number of hydrogen-bond acceptors (Lipinski definition) is 1. The molecular formula is C12H17N. The molecule has 13 heavy (non-hydrogen) atoms. The summed E-state index contributed by atoms with van der Waals surface area (Å²) in [6.07, 6.45) is 10.2. The molecule has 0 aromatic heterocycles. The van der Waals surface area contributed by atoms with E-state index < -0.39 is 0 Å². The summed E-state index contributed by atoms with van der Waals surface area (Å²) in [4.78, 5) is 4.19. The molecule has 0 spiro atoms. The second-order valence-electron chi connectivity index (χ2n) is 2.45. The molecule has 0 fully saturated rings. The summed E-state index contributed by atoms with van der Waals surface area (Å²) in [5.74, 6) is 0. The SMILES string of the molecule is C=C/C=C\C(=C/C)C(CC)=NC=C. The first kappa shape index (κ1) is 11.6. The zero-order valence-electron chi connectivity index (χ0n) is 8.46. The van der Waals surface area contributed by atoms with Crippen molar-refractivity contribution >= 4 is 5.71 Å². The number of allylic oxidation sites excluding steroid dienone is 5. The average molecular weight is 175 g/mol. The van der Waals surface area contributed by atoms with Crippen LogP contribution in [-0.4, -0.2) is 5.71 Å². The first-order valence-electron chi connectivity index (χ1n) is 4.43. The van der Waals surface area contributed by atoms with Gasteiger partial charge in [-0.05, 0) is 18.9 Å². The third kappa shape index (κ3) is 4.26. The molecule has 0 saturated heterocycles. The molecule has 0 heterocycles. The monoisotopic (exact) mass is 175 g/mol. The van der Waals surface area contributed by atoms with E-state index in [0.717, 1.165) is 17.7 Å². The van der Waals surface area contributed by atoms with Crippen LogP contribution in [0, 0.1) is 0 Å². The van der Waals surface area contributed by atoms with Gasteiger partial charge in [0, 0.05) is 11.9 Å². The molecule has 0 unspecified atom stereocenters. The highest BCUT2D eigenvalue weighted by molar-refractivity contribution is 6.02. The van der Waals surface area contributed by atoms with Gasteiger partial charge < -0.3 is 0 Å². The molecular weight excluding hydrogens is 158 g/mol. The van der Waals surface area contributed by atoms with Crippen LogP contribution in [0.15, 0.2) is 54.2 Å². The van der Waals surface area contributed by atoms with Crippen LogP contribution < -0.4 is 0 Å². The minimum Gasteiger partial charge on any atom is -0.261 e. The van der Waals surface area contributed by atoms with Crippen LogP contribution >= 0.6 is 0 Å². The molecule has 0 atom stereocenters. The van der Waals surface area contributed by atoms with E-state index in [4.69, 9.17) is 0 Å². The second kappa shape index (κ2) is 7.29. The molecule has 0 bridgehead atoms. The van der Waals surface area contributed by atoms with Gasteiger partial charge in [-0.15, -0.1) is 0 Å². The van der Waals surface area contributed by atoms with Crippen molar-refractivity contribution in [3.05, 3.63) is 49.2 Å². The van der Waals surface area contributed by atoms with E-state index in [1.165, 1.54) is 0 Å². The van der Waals surface area contributed by atoms with E-state index in [2.05, 4.69) is 25.1 Å². The van der Waals surface area contributed by atoms with Crippen molar-refractivity contribution in [2.45, 2.75) is 20.3 Å². The first-order valence-corrected chi connectivity index (χ1v) is 4.43. The Kier molecular flexibility index (Phi) is 6.52. The Balaban J connectivity index is 4.74. The van der Waals surface area contributed by atoms with E-state index in [1.54, 1.807) is 12.3 Å². The largest absolute Gasteiger partial charge is 0.261 e. The van der Waals surface area contributed by atoms with Gasteiger partial charge in [-0.1, -0.05) is 44.4 Å². The Morgan fingerprint density at radius 1 is 1.38 bits per heavy atom. The molecule has 0 rings (SSSR count). The lowest BCUT2D eigenvalue weighted by molar-refractivity contribution is 1.26. The van der Waals surface area contributed by atoms with Gasteiger partial charge in [0.15, 0.2) is 0 Å². The fraction of sp³-hybridized carbons (Fsp3) is 0.250. The summed E-state index contributed by atoms with van der Waals surface area (Å²) in [6, 6.07) is 0. The van der Waals surface area contributed by atoms with E-state index in [0.29, 0.717) is 0 Å². The van der Waals surface area contributed by atoms with Gasteiger partial charge in [-0.25, -0.2) is 0 Å². The fourth-order valence-electron chi connectivity index (χ4n) is 1.01. The maximum absolute atomic E-state index is 4.19. The summed E-state index contributed by atoms with van der Waals surface area (Å²) in [7, 11) is 0. The van der Waals surface area contributed by atoms with Crippen LogP contribution in [0.1, 0.15) is 20.3 Å². The summed E-state index contributed by atoms with van der Waals surface area (Å²) in [5.41, 5.74) is 2.18. The van der Waals surface area contributed by atoms with Crippen LogP contribution in [0.5, 0.6) is 0 Å². The van der Waals surface area contributed by atoms with Crippen molar-refractivity contribution in [3.8, 4) is 0 Å². The molecule has 0 aliphatic heterocycles. The van der Waals surface area contributed by atoms with Crippen LogP contribution in [0.25, 0.3) is 0 Å². The Morgan fingerprint density at radius 2 is 2.08 bits per heavy atom. The molecule has 1 heteroatoms. The lowest BCUT2D eigenvalue weighted by Gasteiger charge is -2.01. The molecule has 0 N–H and O–H groups in total. The Morgan fingerprint density at radius 3 is 2.46 bits per heavy atom. The Hall–Kier alpha value is -1.37. The van der Waals surface area contributed by atoms with Gasteiger partial charge in [0.05, 0.1) is 0 Å². The van der Waals surface area contributed by atoms with Crippen molar-refractivity contribution in [1.82, 2.24) is 0 Å². The number of rotatable bonds is 5. The average Bonchev–Trinajstić information content (AvgIpc) is 2.17. The summed E-state index contributed by atoms with van der Waals surface area (Å²) in [6.45, 7) is 11.3. The van der Waals surface area contributed by atoms with Crippen molar-refractivity contribution in [2.24, 2.45) is 4.99 Å². The lowest BCUT2D eigenvalue weighted by Crippen LogP contribution is -1.97. The molecule has 0 radical (unpaired) electrons. The summed E-state index contributed by atoms with van der Waals surface area (Å²) < 4.78 is 0. The number of nitrogens with zero attached hydrogens (tertiary/aromatic N) is 1. The minimum atomic E-state index is 0.910. The smallest absolute Gasteiger partial charge is 0.0469 e. The predicted molar refractivity (Wildman–Crippen MR) is 61.0 cm³/mol. The number of hydrogen-bond donors (Lipinski definition) is 0. The van der Waals surface area contributed by atoms with Gasteiger partial charge in [0.2, 0.25) is 0 Å². The van der Waals surface area contributed by atoms with Gasteiger partial charge >= 0.3 is 0 Å². The second-order valence-corrected chi connectivity index (χ2v) is 2.45. The maximum atomic E-state index is 4.19. The summed E-state index contributed by atoms with van der Waals surface area (Å²) in [5, 5.41) is 0. The fourth-order valence-corrected chi connectivity index (χ4v) is 1.01. The highest BCUT2D eigenvalue weighted by Crippen LogP contribution is 2.05. The molecule has 0 aliphatic rings. The van der Waals surface area contributed by atoms with Crippen LogP contribution in [0.3, 0.4) is 0 Å². The Labute approximate surface area is 80.9 Å². The van der Waals surface area contributed by atoms with E-state index >= 15 is 0 Å². The standard InChI is InChI=1S/C12H17N/c1-5-9-10-11(6-2)12(7-3)13-8-4/h5-6,8-10H,1,4,7H2,2-3H3/b10-9-,11-6+,13-12?. The van der Waals surface area contributed by atoms with Crippen molar-refractivity contribution in [3.63, 3.8) is 0 Å². The lowest BCUT2D eigenvalue weighted by atomic mass is 10.1. The van der Waals surface area contributed by atoms with Gasteiger partial charge in [0.25, 0.3) is 0 Å². The van der Waals surface area contributed by atoms with Gasteiger partial charge in [-0.2, -0.15) is 0 Å². The van der Waals surface area contributed by atoms with Crippen molar-refractivity contribution in [1.29, 1.82) is 0 Å². The van der Waals surface area contributed by atoms with Gasteiger partial charge in [0.1, 0.15) is 0 Å². The molecule has 0 amide bonds. The molecule has 0 aromatic rings. The predicted octanol–water partition coefficient (Wildman–Crippen LogP) is 3.67. The quantitative estimate of drug-likeness (QED) is 0.446. The van der Waals surface area contributed by atoms with E-state index in [1.807, 2.05) is 25.2 Å². The van der Waals surface area contributed by atoms with Crippen molar-refractivity contribution in [2.75, 3.05) is 0 Å². The maximum Gasteiger partial charge on any atom is 0.0469 e. The third-order valence-electron chi connectivity index (χ3n) is 1.64. The van der Waals surface area contributed by atoms with Crippen LogP contribution in [0.4, 0.5) is 0 Å². The molecule has 0 aliphatic carbocycles. The molecule has 0 aromatic carbocycles. The summed E-state index contributed by atoms with van der Waals surface area (Å²) >= 11 is 0. The first-order chi connectivity index (χ1) is 6.29. The number of aliphatic imine (C=N–C) groups is 1. The zero-order chi connectivity index (χ0) is 10.1. The highest BCUT2D eigenvalue weighted by Gasteiger charge is 1.97. The van der Waals surface area contributed by atoms with E-state index in [9.17, 15) is 0 Å². The van der Waals surface area contributed by atoms with E-state index in [-0.39, 0.29) is 0 Å². The van der Waals surface area contributed by atoms with Crippen LogP contribution in [-0.2, 0) is 0 Å². The van der Waals surface area contributed by atoms with Gasteiger partial charge in [-0.3, -0.25) is 4.99 Å². The van der Waals surface area contributed by atoms with Crippen LogP contribution in [0.2, 0.25) is 0 Å². The Bertz CT molecular complexity index is 254. The third-order valence-corrected chi connectivity index (χ3v) is 1.64. The molecule has 1 nitrogen and oxygen atoms in total. The van der Waals surface area contributed by atoms with Crippen molar-refractivity contribution < 1.29 is 0 Å². The molecule has 70 valence electrons. The topological polar surface area (TPSA) is 12.4 Å². The normalized spacial score (nSPS) is 13.4. The zero-order valence-corrected chi connectivity index (χ0v) is 8.46. The highest BCUT2D eigenvalue weighted by atomic mass is 14.7. The minimum absolute atomic E-state index is 0.910.